The van der Waals surface area contributed by atoms with E-state index in [-0.39, 0.29) is 57.8 Å². The van der Waals surface area contributed by atoms with Crippen LogP contribution < -0.4 is 56.5 Å². The van der Waals surface area contributed by atoms with E-state index in [1.165, 1.54) is 128 Å². The molecule has 0 aromatic carbocycles. The number of carboxylic acids is 2. The molecule has 4 nitrogen and oxygen atoms in total. The van der Waals surface area contributed by atoms with Crippen LogP contribution in [0.1, 0.15) is 181 Å². The Morgan fingerprint density at radius 1 is 0.457 bits per heavy atom. The van der Waals surface area contributed by atoms with Crippen molar-refractivity contribution in [1.82, 2.24) is 0 Å². The van der Waals surface area contributed by atoms with E-state index in [0.717, 1.165) is 25.7 Å². The fraction of sp³-hybridized carbons (Fsp3) is 0.933. The summed E-state index contributed by atoms with van der Waals surface area (Å²) in [5.41, 5.74) is 0. The van der Waals surface area contributed by atoms with Crippen LogP contribution in [0.4, 0.5) is 0 Å². The summed E-state index contributed by atoms with van der Waals surface area (Å²) in [5.74, 6) is -1.56. The van der Waals surface area contributed by atoms with Crippen LogP contribution in [0, 0.1) is 0 Å². The van der Waals surface area contributed by atoms with Gasteiger partial charge in [-0.2, -0.15) is 0 Å². The number of carboxylic acid groups (broad SMARTS) is 2. The van der Waals surface area contributed by atoms with Crippen molar-refractivity contribution in [2.45, 2.75) is 181 Å². The van der Waals surface area contributed by atoms with Gasteiger partial charge in [-0.15, -0.1) is 0 Å². The molecule has 0 atom stereocenters. The Morgan fingerprint density at radius 2 is 0.686 bits per heavy atom. The quantitative estimate of drug-likeness (QED) is 0.112. The molecule has 35 heavy (non-hydrogen) atoms. The van der Waals surface area contributed by atoms with E-state index in [2.05, 4.69) is 13.8 Å². The van der Waals surface area contributed by atoms with Crippen molar-refractivity contribution in [3.05, 3.63) is 0 Å². The molecule has 204 valence electrons. The molecule has 0 heterocycles. The summed E-state index contributed by atoms with van der Waals surface area (Å²) < 4.78 is 0. The normalized spacial score (nSPS) is 10.3. The van der Waals surface area contributed by atoms with Crippen LogP contribution in [0.15, 0.2) is 0 Å². The molecule has 5 heteroatoms. The minimum atomic E-state index is -0.909. The van der Waals surface area contributed by atoms with Gasteiger partial charge in [0.15, 0.2) is 0 Å². The first-order valence-electron chi connectivity index (χ1n) is 15.0. The van der Waals surface area contributed by atoms with Gasteiger partial charge >= 0.3 is 57.4 Å². The van der Waals surface area contributed by atoms with Gasteiger partial charge in [0, 0.05) is 12.4 Å². The maximum atomic E-state index is 10.3. The van der Waals surface area contributed by atoms with E-state index in [0.29, 0.717) is 6.42 Å². The number of hydrogen-bond acceptors (Lipinski definition) is 3. The molecule has 0 aromatic heterocycles. The van der Waals surface area contributed by atoms with Crippen LogP contribution in [-0.4, -0.2) is 17.0 Å². The van der Waals surface area contributed by atoms with Gasteiger partial charge in [-0.05, 0) is 19.3 Å². The number of hydrogen-bond donors (Lipinski definition) is 1. The first-order valence-corrected chi connectivity index (χ1v) is 15.0. The van der Waals surface area contributed by atoms with Crippen molar-refractivity contribution >= 4 is 11.9 Å². The zero-order chi connectivity index (χ0) is 25.5. The van der Waals surface area contributed by atoms with E-state index in [9.17, 15) is 14.7 Å². The Hall–Kier alpha value is 0.576. The average molecular weight is 523 g/mol. The zero-order valence-electron chi connectivity index (χ0n) is 24.1. The SMILES string of the molecule is CCCCCCCCCCCC(=O)[O-].CCCCCCCCCCCCCCCCCC(=O)O.[K+]. The van der Waals surface area contributed by atoms with Gasteiger partial charge in [-0.3, -0.25) is 4.79 Å². The molecule has 0 aliphatic rings. The molecule has 0 spiro atoms. The molecule has 0 aliphatic heterocycles. The van der Waals surface area contributed by atoms with Crippen LogP contribution in [0.2, 0.25) is 0 Å². The summed E-state index contributed by atoms with van der Waals surface area (Å²) in [5, 5.41) is 18.6. The smallest absolute Gasteiger partial charge is 0.550 e. The second-order valence-electron chi connectivity index (χ2n) is 10.0. The zero-order valence-corrected chi connectivity index (χ0v) is 27.2. The average Bonchev–Trinajstić information content (AvgIpc) is 2.80. The number of unbranched alkanes of at least 4 members (excludes halogenated alkanes) is 22. The van der Waals surface area contributed by atoms with E-state index < -0.39 is 11.9 Å². The molecule has 0 aliphatic carbocycles. The summed E-state index contributed by atoms with van der Waals surface area (Å²) in [6, 6.07) is 0. The fourth-order valence-electron chi connectivity index (χ4n) is 4.23. The number of rotatable bonds is 26. The first-order chi connectivity index (χ1) is 16.5. The van der Waals surface area contributed by atoms with Gasteiger partial charge in [0.1, 0.15) is 0 Å². The van der Waals surface area contributed by atoms with Crippen LogP contribution in [0.5, 0.6) is 0 Å². The van der Waals surface area contributed by atoms with Gasteiger partial charge in [0.05, 0.1) is 0 Å². The second-order valence-corrected chi connectivity index (χ2v) is 10.0. The molecule has 0 aromatic rings. The fourth-order valence-corrected chi connectivity index (χ4v) is 4.23. The van der Waals surface area contributed by atoms with Crippen molar-refractivity contribution < 1.29 is 71.2 Å². The molecular formula is C30H59KO4. The number of carbonyl (C=O) groups is 2. The summed E-state index contributed by atoms with van der Waals surface area (Å²) in [4.78, 5) is 20.4. The third kappa shape index (κ3) is 44.9. The van der Waals surface area contributed by atoms with Gasteiger partial charge < -0.3 is 15.0 Å². The van der Waals surface area contributed by atoms with Crippen LogP contribution in [0.25, 0.3) is 0 Å². The van der Waals surface area contributed by atoms with Crippen molar-refractivity contribution in [1.29, 1.82) is 0 Å². The Morgan fingerprint density at radius 3 is 0.914 bits per heavy atom. The standard InChI is InChI=1S/C18H36O2.C12H24O2.K/c1-2-3-4-5-6-7-8-9-10-11-12-13-14-15-16-17-18(19)20;1-2-3-4-5-6-7-8-9-10-11-12(13)14;/h2-17H2,1H3,(H,19,20);2-11H2,1H3,(H,13,14);/q;;+1/p-1. The van der Waals surface area contributed by atoms with Crippen LogP contribution in [0.3, 0.4) is 0 Å². The topological polar surface area (TPSA) is 77.4 Å². The van der Waals surface area contributed by atoms with E-state index >= 15 is 0 Å². The Labute approximate surface area is 261 Å². The maximum absolute atomic E-state index is 10.3. The summed E-state index contributed by atoms with van der Waals surface area (Å²) >= 11 is 0. The summed E-state index contributed by atoms with van der Waals surface area (Å²) in [6.07, 6.45) is 31.4. The summed E-state index contributed by atoms with van der Waals surface area (Å²) in [7, 11) is 0. The third-order valence-electron chi connectivity index (χ3n) is 6.48. The molecule has 0 bridgehead atoms. The Bertz CT molecular complexity index is 415. The summed E-state index contributed by atoms with van der Waals surface area (Å²) in [6.45, 7) is 4.49. The first kappa shape index (κ1) is 40.1. The van der Waals surface area contributed by atoms with Crippen molar-refractivity contribution in [2.24, 2.45) is 0 Å². The van der Waals surface area contributed by atoms with Gasteiger partial charge in [-0.1, -0.05) is 155 Å². The minimum Gasteiger partial charge on any atom is -0.550 e. The monoisotopic (exact) mass is 522 g/mol. The van der Waals surface area contributed by atoms with E-state index in [1.807, 2.05) is 0 Å². The van der Waals surface area contributed by atoms with E-state index in [1.54, 1.807) is 0 Å². The van der Waals surface area contributed by atoms with Gasteiger partial charge in [0.25, 0.3) is 0 Å². The van der Waals surface area contributed by atoms with E-state index in [4.69, 9.17) is 5.11 Å². The second kappa shape index (κ2) is 36.7. The van der Waals surface area contributed by atoms with Crippen LogP contribution in [-0.2, 0) is 9.59 Å². The minimum absolute atomic E-state index is 0. The Balaban J connectivity index is -0.000000603. The largest absolute Gasteiger partial charge is 1.00 e. The molecule has 0 unspecified atom stereocenters. The molecular weight excluding hydrogens is 463 g/mol. The molecule has 0 saturated heterocycles. The Kier molecular flexibility index (Phi) is 42.1. The molecule has 0 fully saturated rings. The molecule has 0 rings (SSSR count). The molecule has 0 saturated carbocycles. The number of aliphatic carboxylic acids is 2. The third-order valence-corrected chi connectivity index (χ3v) is 6.48. The van der Waals surface area contributed by atoms with Crippen molar-refractivity contribution in [2.75, 3.05) is 0 Å². The van der Waals surface area contributed by atoms with Gasteiger partial charge in [-0.25, -0.2) is 0 Å². The number of carbonyl (C=O) groups excluding carboxylic acids is 1. The predicted octanol–water partition coefficient (Wildman–Crippen LogP) is 5.99. The predicted molar refractivity (Wildman–Crippen MR) is 144 cm³/mol. The van der Waals surface area contributed by atoms with Crippen molar-refractivity contribution in [3.63, 3.8) is 0 Å². The molecule has 1 N–H and O–H groups in total. The van der Waals surface area contributed by atoms with Gasteiger partial charge in [0.2, 0.25) is 0 Å². The molecule has 0 radical (unpaired) electrons. The molecule has 0 amide bonds. The van der Waals surface area contributed by atoms with Crippen molar-refractivity contribution in [3.8, 4) is 0 Å². The maximum Gasteiger partial charge on any atom is 1.00 e. The van der Waals surface area contributed by atoms with Crippen LogP contribution >= 0.6 is 0 Å².